The van der Waals surface area contributed by atoms with Crippen molar-refractivity contribution in [3.05, 3.63) is 34.1 Å². The minimum Gasteiger partial charge on any atom is -0.479 e. The second-order valence-electron chi connectivity index (χ2n) is 2.87. The summed E-state index contributed by atoms with van der Waals surface area (Å²) in [6, 6.07) is 4.06. The van der Waals surface area contributed by atoms with E-state index in [0.29, 0.717) is 12.2 Å². The van der Waals surface area contributed by atoms with E-state index < -0.39 is 11.9 Å². The van der Waals surface area contributed by atoms with Gasteiger partial charge in [-0.25, -0.2) is 4.39 Å². The Labute approximate surface area is 95.5 Å². The number of hydrogen-bond acceptors (Lipinski definition) is 3. The molecule has 0 unspecified atom stereocenters. The maximum absolute atomic E-state index is 12.9. The Morgan fingerprint density at radius 2 is 2.33 bits per heavy atom. The predicted octanol–water partition coefficient (Wildman–Crippen LogP) is 2.64. The first-order chi connectivity index (χ1) is 7.06. The number of rotatable bonds is 3. The van der Waals surface area contributed by atoms with Crippen LogP contribution in [0.1, 0.15) is 18.6 Å². The maximum Gasteiger partial charge on any atom is 0.214 e. The monoisotopic (exact) mass is 275 g/mol. The molecular formula is C10H11BrFNO2. The molecule has 2 N–H and O–H groups in total. The largest absolute Gasteiger partial charge is 0.479 e. The fourth-order valence-corrected chi connectivity index (χ4v) is 1.46. The molecule has 3 nitrogen and oxygen atoms in total. The molecule has 0 aliphatic carbocycles. The second-order valence-corrected chi connectivity index (χ2v) is 3.73. The van der Waals surface area contributed by atoms with Crippen LogP contribution in [0.4, 0.5) is 4.39 Å². The summed E-state index contributed by atoms with van der Waals surface area (Å²) in [5.41, 5.74) is 0.418. The lowest BCUT2D eigenvalue weighted by molar-refractivity contribution is 0.190. The Morgan fingerprint density at radius 3 is 2.87 bits per heavy atom. The van der Waals surface area contributed by atoms with Crippen molar-refractivity contribution in [2.45, 2.75) is 13.0 Å². The molecular weight excluding hydrogens is 265 g/mol. The van der Waals surface area contributed by atoms with E-state index in [0.717, 1.165) is 0 Å². The third-order valence-corrected chi connectivity index (χ3v) is 2.42. The molecule has 1 aromatic carbocycles. The summed E-state index contributed by atoms with van der Waals surface area (Å²) in [5.74, 6) is -0.648. The van der Waals surface area contributed by atoms with Crippen LogP contribution in [0.25, 0.3) is 0 Å². The van der Waals surface area contributed by atoms with Crippen molar-refractivity contribution in [2.75, 3.05) is 6.61 Å². The Kier molecular flexibility index (Phi) is 4.23. The number of ether oxygens (including phenoxy) is 1. The summed E-state index contributed by atoms with van der Waals surface area (Å²) in [6.45, 7) is 2.04. The highest BCUT2D eigenvalue weighted by molar-refractivity contribution is 9.10. The first-order valence-corrected chi connectivity index (χ1v) is 5.19. The zero-order valence-electron chi connectivity index (χ0n) is 8.13. The minimum atomic E-state index is -1.15. The van der Waals surface area contributed by atoms with Gasteiger partial charge >= 0.3 is 0 Å². The van der Waals surface area contributed by atoms with Gasteiger partial charge < -0.3 is 9.84 Å². The Morgan fingerprint density at radius 1 is 1.67 bits per heavy atom. The SMILES string of the molecule is CCOC(=N)[C@H](O)c1ccc(F)c(Br)c1. The quantitative estimate of drug-likeness (QED) is 0.658. The lowest BCUT2D eigenvalue weighted by Crippen LogP contribution is -2.14. The van der Waals surface area contributed by atoms with E-state index in [1.807, 2.05) is 0 Å². The molecule has 0 amide bonds. The van der Waals surface area contributed by atoms with E-state index in [1.54, 1.807) is 6.92 Å². The minimum absolute atomic E-state index is 0.240. The summed E-state index contributed by atoms with van der Waals surface area (Å²) < 4.78 is 18.0. The highest BCUT2D eigenvalue weighted by Gasteiger charge is 2.15. The van der Waals surface area contributed by atoms with Crippen molar-refractivity contribution >= 4 is 21.8 Å². The molecule has 0 radical (unpaired) electrons. The molecule has 0 fully saturated rings. The number of aliphatic hydroxyl groups is 1. The van der Waals surface area contributed by atoms with Gasteiger partial charge in [0.2, 0.25) is 5.90 Å². The Balaban J connectivity index is 2.86. The van der Waals surface area contributed by atoms with Gasteiger partial charge in [0.05, 0.1) is 11.1 Å². The number of aliphatic hydroxyl groups excluding tert-OH is 1. The number of hydrogen-bond donors (Lipinski definition) is 2. The fraction of sp³-hybridized carbons (Fsp3) is 0.300. The second kappa shape index (κ2) is 5.23. The molecule has 0 saturated carbocycles. The molecule has 0 heterocycles. The third-order valence-electron chi connectivity index (χ3n) is 1.81. The van der Waals surface area contributed by atoms with Gasteiger partial charge in [0, 0.05) is 0 Å². The molecule has 1 aromatic rings. The summed E-state index contributed by atoms with van der Waals surface area (Å²) in [4.78, 5) is 0. The van der Waals surface area contributed by atoms with Crippen LogP contribution in [0.15, 0.2) is 22.7 Å². The number of benzene rings is 1. The first-order valence-electron chi connectivity index (χ1n) is 4.40. The van der Waals surface area contributed by atoms with E-state index >= 15 is 0 Å². The average Bonchev–Trinajstić information content (AvgIpc) is 2.21. The van der Waals surface area contributed by atoms with E-state index in [1.165, 1.54) is 18.2 Å². The molecule has 5 heteroatoms. The van der Waals surface area contributed by atoms with Crippen LogP contribution in [0, 0.1) is 11.2 Å². The van der Waals surface area contributed by atoms with Gasteiger partial charge in [0.1, 0.15) is 5.82 Å². The van der Waals surface area contributed by atoms with Crippen molar-refractivity contribution in [3.63, 3.8) is 0 Å². The smallest absolute Gasteiger partial charge is 0.214 e. The molecule has 0 bridgehead atoms. The fourth-order valence-electron chi connectivity index (χ4n) is 1.07. The van der Waals surface area contributed by atoms with Crippen LogP contribution in [0.2, 0.25) is 0 Å². The van der Waals surface area contributed by atoms with Crippen LogP contribution in [-0.2, 0) is 4.74 Å². The summed E-state index contributed by atoms with van der Waals surface area (Å²) in [5, 5.41) is 17.0. The zero-order chi connectivity index (χ0) is 11.4. The molecule has 82 valence electrons. The molecule has 0 aromatic heterocycles. The Hall–Kier alpha value is -0.940. The first kappa shape index (κ1) is 12.1. The molecule has 15 heavy (non-hydrogen) atoms. The molecule has 0 spiro atoms. The van der Waals surface area contributed by atoms with E-state index in [4.69, 9.17) is 10.1 Å². The zero-order valence-corrected chi connectivity index (χ0v) is 9.71. The molecule has 0 saturated heterocycles. The van der Waals surface area contributed by atoms with E-state index in [9.17, 15) is 9.50 Å². The summed E-state index contributed by atoms with van der Waals surface area (Å²) in [6.07, 6.45) is -1.15. The van der Waals surface area contributed by atoms with Gasteiger partial charge in [-0.15, -0.1) is 0 Å². The number of halogens is 2. The van der Waals surface area contributed by atoms with Gasteiger partial charge in [0.15, 0.2) is 6.10 Å². The van der Waals surface area contributed by atoms with Crippen LogP contribution in [-0.4, -0.2) is 17.6 Å². The van der Waals surface area contributed by atoms with Crippen molar-refractivity contribution in [3.8, 4) is 0 Å². The normalized spacial score (nSPS) is 12.3. The van der Waals surface area contributed by atoms with Gasteiger partial charge in [-0.2, -0.15) is 0 Å². The van der Waals surface area contributed by atoms with Crippen LogP contribution < -0.4 is 0 Å². The van der Waals surface area contributed by atoms with Gasteiger partial charge in [0.25, 0.3) is 0 Å². The molecule has 0 aliphatic rings. The van der Waals surface area contributed by atoms with Gasteiger partial charge in [-0.1, -0.05) is 6.07 Å². The molecule has 1 atom stereocenters. The van der Waals surface area contributed by atoms with E-state index in [-0.39, 0.29) is 10.4 Å². The van der Waals surface area contributed by atoms with Crippen LogP contribution >= 0.6 is 15.9 Å². The van der Waals surface area contributed by atoms with Gasteiger partial charge in [-0.05, 0) is 40.5 Å². The highest BCUT2D eigenvalue weighted by Crippen LogP contribution is 2.22. The molecule has 1 rings (SSSR count). The summed E-state index contributed by atoms with van der Waals surface area (Å²) >= 11 is 3.01. The van der Waals surface area contributed by atoms with Crippen LogP contribution in [0.3, 0.4) is 0 Å². The summed E-state index contributed by atoms with van der Waals surface area (Å²) in [7, 11) is 0. The lowest BCUT2D eigenvalue weighted by atomic mass is 10.1. The van der Waals surface area contributed by atoms with E-state index in [2.05, 4.69) is 15.9 Å². The van der Waals surface area contributed by atoms with Crippen molar-refractivity contribution < 1.29 is 14.2 Å². The average molecular weight is 276 g/mol. The lowest BCUT2D eigenvalue weighted by Gasteiger charge is -2.12. The predicted molar refractivity (Wildman–Crippen MR) is 58.4 cm³/mol. The number of nitrogens with one attached hydrogen (secondary N) is 1. The van der Waals surface area contributed by atoms with Crippen LogP contribution in [0.5, 0.6) is 0 Å². The van der Waals surface area contributed by atoms with Crippen molar-refractivity contribution in [1.82, 2.24) is 0 Å². The van der Waals surface area contributed by atoms with Crippen molar-refractivity contribution in [1.29, 1.82) is 5.41 Å². The highest BCUT2D eigenvalue weighted by atomic mass is 79.9. The Bertz CT molecular complexity index is 370. The van der Waals surface area contributed by atoms with Crippen molar-refractivity contribution in [2.24, 2.45) is 0 Å². The third kappa shape index (κ3) is 3.00. The van der Waals surface area contributed by atoms with Gasteiger partial charge in [-0.3, -0.25) is 5.41 Å². The topological polar surface area (TPSA) is 53.3 Å². The standard InChI is InChI=1S/C10H11BrFNO2/c1-2-15-10(13)9(14)6-3-4-8(12)7(11)5-6/h3-5,9,13-14H,2H2,1H3/t9-/m1/s1. The molecule has 0 aliphatic heterocycles. The maximum atomic E-state index is 12.9.